The highest BCUT2D eigenvalue weighted by Crippen LogP contribution is 2.26. The summed E-state index contributed by atoms with van der Waals surface area (Å²) in [5.74, 6) is 0.952. The van der Waals surface area contributed by atoms with E-state index in [1.54, 1.807) is 4.90 Å². The molecule has 2 rings (SSSR count). The zero-order valence-corrected chi connectivity index (χ0v) is 10.3. The highest BCUT2D eigenvalue weighted by atomic mass is 16.5. The van der Waals surface area contributed by atoms with Gasteiger partial charge in [0.1, 0.15) is 11.8 Å². The third-order valence-electron chi connectivity index (χ3n) is 2.94. The minimum Gasteiger partial charge on any atom is -0.492 e. The van der Waals surface area contributed by atoms with Gasteiger partial charge < -0.3 is 15.0 Å². The van der Waals surface area contributed by atoms with E-state index in [-0.39, 0.29) is 11.9 Å². The summed E-state index contributed by atoms with van der Waals surface area (Å²) in [6.07, 6.45) is 0.843. The fraction of sp³-hybridized carbons (Fsp3) is 0.462. The predicted octanol–water partition coefficient (Wildman–Crippen LogP) is 1.73. The van der Waals surface area contributed by atoms with Crippen molar-refractivity contribution in [3.8, 4) is 5.75 Å². The predicted molar refractivity (Wildman–Crippen MR) is 67.3 cm³/mol. The Morgan fingerprint density at radius 2 is 2.24 bits per heavy atom. The van der Waals surface area contributed by atoms with Crippen LogP contribution in [0.4, 0.5) is 5.69 Å². The molecule has 0 bridgehead atoms. The van der Waals surface area contributed by atoms with Gasteiger partial charge in [-0.1, -0.05) is 12.1 Å². The van der Waals surface area contributed by atoms with Crippen LogP contribution in [0.2, 0.25) is 0 Å². The van der Waals surface area contributed by atoms with E-state index in [0.29, 0.717) is 6.61 Å². The van der Waals surface area contributed by atoms with Gasteiger partial charge in [-0.2, -0.15) is 0 Å². The van der Waals surface area contributed by atoms with Crippen molar-refractivity contribution >= 4 is 11.6 Å². The summed E-state index contributed by atoms with van der Waals surface area (Å²) in [6, 6.07) is 7.60. The Balaban J connectivity index is 2.10. The third-order valence-corrected chi connectivity index (χ3v) is 2.94. The molecular weight excluding hydrogens is 216 g/mol. The Bertz CT molecular complexity index is 406. The van der Waals surface area contributed by atoms with Crippen LogP contribution in [0.3, 0.4) is 0 Å². The number of anilines is 1. The maximum Gasteiger partial charge on any atom is 0.244 e. The standard InChI is InChI=1S/C13H18N2O2/c1-3-17-12-7-5-4-6-10(12)14-11-8-9-15(2)13(11)16/h4-7,11,14H,3,8-9H2,1-2H3. The van der Waals surface area contributed by atoms with Crippen molar-refractivity contribution < 1.29 is 9.53 Å². The molecule has 17 heavy (non-hydrogen) atoms. The van der Waals surface area contributed by atoms with E-state index < -0.39 is 0 Å². The smallest absolute Gasteiger partial charge is 0.244 e. The van der Waals surface area contributed by atoms with Gasteiger partial charge in [0.05, 0.1) is 12.3 Å². The van der Waals surface area contributed by atoms with E-state index in [9.17, 15) is 4.79 Å². The summed E-state index contributed by atoms with van der Waals surface area (Å²) < 4.78 is 5.52. The maximum absolute atomic E-state index is 11.8. The number of para-hydroxylation sites is 2. The average Bonchev–Trinajstić information content (AvgIpc) is 2.64. The molecule has 1 unspecified atom stereocenters. The van der Waals surface area contributed by atoms with E-state index in [1.807, 2.05) is 38.2 Å². The van der Waals surface area contributed by atoms with Gasteiger partial charge in [0, 0.05) is 13.6 Å². The lowest BCUT2D eigenvalue weighted by Gasteiger charge is -2.16. The Kier molecular flexibility index (Phi) is 3.52. The van der Waals surface area contributed by atoms with Crippen molar-refractivity contribution in [2.45, 2.75) is 19.4 Å². The largest absolute Gasteiger partial charge is 0.492 e. The quantitative estimate of drug-likeness (QED) is 0.862. The van der Waals surface area contributed by atoms with E-state index in [0.717, 1.165) is 24.4 Å². The summed E-state index contributed by atoms with van der Waals surface area (Å²) in [6.45, 7) is 3.38. The number of likely N-dealkylation sites (N-methyl/N-ethyl adjacent to an activating group) is 1. The first-order valence-corrected chi connectivity index (χ1v) is 5.95. The molecule has 0 aromatic heterocycles. The average molecular weight is 234 g/mol. The second kappa shape index (κ2) is 5.08. The van der Waals surface area contributed by atoms with E-state index in [1.165, 1.54) is 0 Å². The minimum atomic E-state index is -0.124. The molecule has 0 radical (unpaired) electrons. The van der Waals surface area contributed by atoms with Crippen molar-refractivity contribution in [2.24, 2.45) is 0 Å². The Morgan fingerprint density at radius 3 is 2.88 bits per heavy atom. The van der Waals surface area contributed by atoms with Crippen molar-refractivity contribution in [1.29, 1.82) is 0 Å². The van der Waals surface area contributed by atoms with Crippen molar-refractivity contribution in [3.63, 3.8) is 0 Å². The first-order chi connectivity index (χ1) is 8.22. The molecule has 4 heteroatoms. The molecule has 1 fully saturated rings. The monoisotopic (exact) mass is 234 g/mol. The molecule has 0 saturated carbocycles. The maximum atomic E-state index is 11.8. The van der Waals surface area contributed by atoms with E-state index >= 15 is 0 Å². The van der Waals surface area contributed by atoms with Crippen molar-refractivity contribution in [2.75, 3.05) is 25.5 Å². The number of rotatable bonds is 4. The van der Waals surface area contributed by atoms with Gasteiger partial charge in [-0.05, 0) is 25.5 Å². The lowest BCUT2D eigenvalue weighted by molar-refractivity contribution is -0.127. The number of nitrogens with one attached hydrogen (secondary N) is 1. The number of benzene rings is 1. The van der Waals surface area contributed by atoms with Crippen LogP contribution < -0.4 is 10.1 Å². The number of ether oxygens (including phenoxy) is 1. The second-order valence-electron chi connectivity index (χ2n) is 4.17. The van der Waals surface area contributed by atoms with Crippen LogP contribution >= 0.6 is 0 Å². The summed E-state index contributed by atoms with van der Waals surface area (Å²) in [4.78, 5) is 13.6. The summed E-state index contributed by atoms with van der Waals surface area (Å²) in [5.41, 5.74) is 0.892. The van der Waals surface area contributed by atoms with E-state index in [2.05, 4.69) is 5.32 Å². The van der Waals surface area contributed by atoms with Crippen LogP contribution in [0.25, 0.3) is 0 Å². The Morgan fingerprint density at radius 1 is 1.47 bits per heavy atom. The summed E-state index contributed by atoms with van der Waals surface area (Å²) >= 11 is 0. The van der Waals surface area contributed by atoms with Gasteiger partial charge >= 0.3 is 0 Å². The van der Waals surface area contributed by atoms with Gasteiger partial charge in [0.2, 0.25) is 5.91 Å². The van der Waals surface area contributed by atoms with Gasteiger partial charge in [-0.3, -0.25) is 4.79 Å². The molecule has 1 heterocycles. The van der Waals surface area contributed by atoms with Crippen LogP contribution in [0, 0.1) is 0 Å². The molecule has 1 N–H and O–H groups in total. The molecule has 4 nitrogen and oxygen atoms in total. The summed E-state index contributed by atoms with van der Waals surface area (Å²) in [7, 11) is 1.83. The van der Waals surface area contributed by atoms with Crippen LogP contribution in [-0.4, -0.2) is 37.0 Å². The number of nitrogens with zero attached hydrogens (tertiary/aromatic N) is 1. The van der Waals surface area contributed by atoms with Gasteiger partial charge in [0.25, 0.3) is 0 Å². The second-order valence-corrected chi connectivity index (χ2v) is 4.17. The molecular formula is C13H18N2O2. The number of carbonyl (C=O) groups excluding carboxylic acids is 1. The highest BCUT2D eigenvalue weighted by molar-refractivity contribution is 5.86. The zero-order valence-electron chi connectivity index (χ0n) is 10.3. The zero-order chi connectivity index (χ0) is 12.3. The molecule has 1 aliphatic rings. The van der Waals surface area contributed by atoms with Crippen LogP contribution in [0.15, 0.2) is 24.3 Å². The molecule has 0 aliphatic carbocycles. The molecule has 1 aromatic carbocycles. The number of hydrogen-bond acceptors (Lipinski definition) is 3. The van der Waals surface area contributed by atoms with Crippen LogP contribution in [0.1, 0.15) is 13.3 Å². The number of hydrogen-bond donors (Lipinski definition) is 1. The highest BCUT2D eigenvalue weighted by Gasteiger charge is 2.29. The lowest BCUT2D eigenvalue weighted by Crippen LogP contribution is -2.31. The van der Waals surface area contributed by atoms with E-state index in [4.69, 9.17) is 4.74 Å². The fourth-order valence-electron chi connectivity index (χ4n) is 2.01. The molecule has 92 valence electrons. The Labute approximate surface area is 102 Å². The molecule has 1 saturated heterocycles. The minimum absolute atomic E-state index is 0.124. The van der Waals surface area contributed by atoms with Gasteiger partial charge in [-0.15, -0.1) is 0 Å². The molecule has 0 spiro atoms. The van der Waals surface area contributed by atoms with Crippen LogP contribution in [-0.2, 0) is 4.79 Å². The fourth-order valence-corrected chi connectivity index (χ4v) is 2.01. The lowest BCUT2D eigenvalue weighted by atomic mass is 10.2. The first-order valence-electron chi connectivity index (χ1n) is 5.95. The third kappa shape index (κ3) is 2.52. The molecule has 1 amide bonds. The first kappa shape index (κ1) is 11.8. The summed E-state index contributed by atoms with van der Waals surface area (Å²) in [5, 5.41) is 3.26. The SMILES string of the molecule is CCOc1ccccc1NC1CCN(C)C1=O. The van der Waals surface area contributed by atoms with Crippen molar-refractivity contribution in [1.82, 2.24) is 4.90 Å². The molecule has 1 aromatic rings. The van der Waals surface area contributed by atoms with Gasteiger partial charge in [0.15, 0.2) is 0 Å². The number of amides is 1. The molecule has 1 aliphatic heterocycles. The topological polar surface area (TPSA) is 41.6 Å². The normalized spacial score (nSPS) is 19.5. The number of likely N-dealkylation sites (tertiary alicyclic amines) is 1. The van der Waals surface area contributed by atoms with Crippen LogP contribution in [0.5, 0.6) is 5.75 Å². The van der Waals surface area contributed by atoms with Gasteiger partial charge in [-0.25, -0.2) is 0 Å². The molecule has 1 atom stereocenters. The number of carbonyl (C=O) groups is 1. The van der Waals surface area contributed by atoms with Crippen molar-refractivity contribution in [3.05, 3.63) is 24.3 Å². The Hall–Kier alpha value is -1.71.